The third-order valence-electron chi connectivity index (χ3n) is 2.38. The zero-order valence-corrected chi connectivity index (χ0v) is 10.4. The van der Waals surface area contributed by atoms with Crippen LogP contribution in [0, 0.1) is 5.82 Å². The van der Waals surface area contributed by atoms with Gasteiger partial charge in [0.25, 0.3) is 0 Å². The number of halogens is 2. The van der Waals surface area contributed by atoms with Crippen LogP contribution in [0.15, 0.2) is 24.3 Å². The van der Waals surface area contributed by atoms with E-state index in [1.54, 1.807) is 6.07 Å². The van der Waals surface area contributed by atoms with Gasteiger partial charge in [-0.05, 0) is 35.9 Å². The third-order valence-corrected chi connectivity index (χ3v) is 4.85. The van der Waals surface area contributed by atoms with Crippen molar-refractivity contribution in [3.63, 3.8) is 0 Å². The van der Waals surface area contributed by atoms with Crippen LogP contribution >= 0.6 is 0 Å². The summed E-state index contributed by atoms with van der Waals surface area (Å²) in [5.74, 6) is 3.71. The molecule has 2 rings (SSSR count). The highest BCUT2D eigenvalue weighted by molar-refractivity contribution is 7.96. The molecule has 0 aliphatic carbocycles. The van der Waals surface area contributed by atoms with Gasteiger partial charge in [-0.15, -0.1) is 0 Å². The van der Waals surface area contributed by atoms with E-state index in [0.29, 0.717) is 10.9 Å². The monoisotopic (exact) mass is 276 g/mol. The molecule has 3 heteroatoms. The molecule has 1 aromatic rings. The van der Waals surface area contributed by atoms with Gasteiger partial charge in [0, 0.05) is 5.56 Å². The smallest absolute Gasteiger partial charge is 0.133 e. The minimum atomic E-state index is -0.0969. The van der Waals surface area contributed by atoms with Crippen LogP contribution in [0.5, 0.6) is 0 Å². The minimum Gasteiger partial charge on any atom is -1.00 e. The molecule has 1 saturated heterocycles. The lowest BCUT2D eigenvalue weighted by Gasteiger charge is -2.00. The first-order chi connectivity index (χ1) is 6.34. The summed E-state index contributed by atoms with van der Waals surface area (Å²) < 4.78 is 12.8. The van der Waals surface area contributed by atoms with Crippen molar-refractivity contribution in [2.24, 2.45) is 0 Å². The van der Waals surface area contributed by atoms with Crippen LogP contribution in [0.1, 0.15) is 18.4 Å². The van der Waals surface area contributed by atoms with Gasteiger partial charge in [-0.3, -0.25) is 0 Å². The molecule has 1 aliphatic rings. The molecule has 0 radical (unpaired) electrons. The van der Waals surface area contributed by atoms with Crippen molar-refractivity contribution in [2.45, 2.75) is 18.6 Å². The first-order valence-electron chi connectivity index (χ1n) is 4.73. The van der Waals surface area contributed by atoms with E-state index in [0.717, 1.165) is 5.75 Å². The fourth-order valence-corrected chi connectivity index (χ4v) is 4.09. The average Bonchev–Trinajstić information content (AvgIpc) is 2.57. The summed E-state index contributed by atoms with van der Waals surface area (Å²) in [5, 5.41) is 0. The van der Waals surface area contributed by atoms with Crippen molar-refractivity contribution in [1.29, 1.82) is 0 Å². The lowest BCUT2D eigenvalue weighted by Crippen LogP contribution is -3.00. The molecule has 1 aliphatic heterocycles. The molecule has 0 N–H and O–H groups in total. The minimum absolute atomic E-state index is 0. The first-order valence-corrected chi connectivity index (χ1v) is 6.46. The number of benzene rings is 1. The van der Waals surface area contributed by atoms with Gasteiger partial charge < -0.3 is 17.0 Å². The van der Waals surface area contributed by atoms with E-state index in [1.165, 1.54) is 36.0 Å². The van der Waals surface area contributed by atoms with E-state index < -0.39 is 0 Å². The van der Waals surface area contributed by atoms with Crippen LogP contribution in [0.25, 0.3) is 0 Å². The number of hydrogen-bond acceptors (Lipinski definition) is 0. The molecule has 1 heterocycles. The fourth-order valence-electron chi connectivity index (χ4n) is 1.72. The summed E-state index contributed by atoms with van der Waals surface area (Å²) in [5.41, 5.74) is 1.17. The molecule has 0 unspecified atom stereocenters. The van der Waals surface area contributed by atoms with E-state index in [1.807, 2.05) is 12.1 Å². The predicted octanol–water partition coefficient (Wildman–Crippen LogP) is -0.258. The van der Waals surface area contributed by atoms with Crippen LogP contribution < -0.4 is 17.0 Å². The third kappa shape index (κ3) is 3.28. The SMILES string of the molecule is Fc1cccc(C[S+]2CCCC2)c1.[Br-]. The quantitative estimate of drug-likeness (QED) is 0.654. The highest BCUT2D eigenvalue weighted by Gasteiger charge is 2.23. The van der Waals surface area contributed by atoms with Crippen molar-refractivity contribution in [3.05, 3.63) is 35.6 Å². The second-order valence-corrected chi connectivity index (χ2v) is 5.83. The van der Waals surface area contributed by atoms with Crippen molar-refractivity contribution in [3.8, 4) is 0 Å². The summed E-state index contributed by atoms with van der Waals surface area (Å²) in [7, 11) is 0.547. The summed E-state index contributed by atoms with van der Waals surface area (Å²) >= 11 is 0. The van der Waals surface area contributed by atoms with Gasteiger partial charge in [0.15, 0.2) is 0 Å². The maximum Gasteiger partial charge on any atom is 0.133 e. The molecule has 0 aromatic heterocycles. The van der Waals surface area contributed by atoms with Crippen LogP contribution in [0.4, 0.5) is 4.39 Å². The molecular formula is C11H14BrFS. The number of rotatable bonds is 2. The fraction of sp³-hybridized carbons (Fsp3) is 0.455. The first kappa shape index (κ1) is 12.1. The normalized spacial score (nSPS) is 16.6. The lowest BCUT2D eigenvalue weighted by molar-refractivity contribution is -0.00000333. The summed E-state index contributed by atoms with van der Waals surface area (Å²) in [4.78, 5) is 0. The van der Waals surface area contributed by atoms with Gasteiger partial charge in [0.2, 0.25) is 0 Å². The second-order valence-electron chi connectivity index (χ2n) is 3.50. The highest BCUT2D eigenvalue weighted by atomic mass is 79.9. The number of hydrogen-bond donors (Lipinski definition) is 0. The van der Waals surface area contributed by atoms with Crippen LogP contribution in [0.2, 0.25) is 0 Å². The molecule has 14 heavy (non-hydrogen) atoms. The Hall–Kier alpha value is -0.0200. The molecule has 0 amide bonds. The molecular weight excluding hydrogens is 263 g/mol. The van der Waals surface area contributed by atoms with Gasteiger partial charge in [-0.1, -0.05) is 12.1 Å². The molecule has 78 valence electrons. The average molecular weight is 277 g/mol. The van der Waals surface area contributed by atoms with E-state index in [9.17, 15) is 4.39 Å². The van der Waals surface area contributed by atoms with Gasteiger partial charge in [-0.25, -0.2) is 4.39 Å². The Labute approximate surface area is 98.0 Å². The van der Waals surface area contributed by atoms with Crippen LogP contribution in [0.3, 0.4) is 0 Å². The van der Waals surface area contributed by atoms with E-state index in [4.69, 9.17) is 0 Å². The predicted molar refractivity (Wildman–Crippen MR) is 56.4 cm³/mol. The van der Waals surface area contributed by atoms with Crippen molar-refractivity contribution < 1.29 is 21.4 Å². The topological polar surface area (TPSA) is 0 Å². The largest absolute Gasteiger partial charge is 1.00 e. The summed E-state index contributed by atoms with van der Waals surface area (Å²) in [6.07, 6.45) is 2.75. The van der Waals surface area contributed by atoms with Gasteiger partial charge in [0.1, 0.15) is 23.1 Å². The van der Waals surface area contributed by atoms with Crippen LogP contribution in [-0.2, 0) is 16.6 Å². The van der Waals surface area contributed by atoms with E-state index in [2.05, 4.69) is 0 Å². The van der Waals surface area contributed by atoms with Crippen molar-refractivity contribution in [2.75, 3.05) is 11.5 Å². The summed E-state index contributed by atoms with van der Waals surface area (Å²) in [6.45, 7) is 0. The second kappa shape index (κ2) is 5.76. The zero-order chi connectivity index (χ0) is 9.10. The molecule has 0 bridgehead atoms. The molecule has 0 atom stereocenters. The Kier molecular flexibility index (Phi) is 4.96. The Morgan fingerprint density at radius 3 is 2.57 bits per heavy atom. The van der Waals surface area contributed by atoms with Gasteiger partial charge >= 0.3 is 0 Å². The molecule has 1 fully saturated rings. The summed E-state index contributed by atoms with van der Waals surface area (Å²) in [6, 6.07) is 7.03. The lowest BCUT2D eigenvalue weighted by atomic mass is 10.2. The van der Waals surface area contributed by atoms with Gasteiger partial charge in [0.05, 0.1) is 0 Å². The Balaban J connectivity index is 0.000000980. The van der Waals surface area contributed by atoms with Crippen molar-refractivity contribution in [1.82, 2.24) is 0 Å². The zero-order valence-electron chi connectivity index (χ0n) is 8.01. The van der Waals surface area contributed by atoms with E-state index in [-0.39, 0.29) is 22.8 Å². The van der Waals surface area contributed by atoms with Gasteiger partial charge in [-0.2, -0.15) is 0 Å². The maximum absolute atomic E-state index is 12.8. The molecule has 0 nitrogen and oxygen atoms in total. The van der Waals surface area contributed by atoms with Crippen LogP contribution in [-0.4, -0.2) is 11.5 Å². The maximum atomic E-state index is 12.8. The standard InChI is InChI=1S/C11H14FS.BrH/c12-11-5-3-4-10(8-11)9-13-6-1-2-7-13;/h3-5,8H,1-2,6-7,9H2;1H/q+1;/p-1. The Bertz CT molecular complexity index is 284. The highest BCUT2D eigenvalue weighted by Crippen LogP contribution is 2.18. The molecule has 0 saturated carbocycles. The van der Waals surface area contributed by atoms with Crippen molar-refractivity contribution >= 4 is 10.9 Å². The molecule has 1 aromatic carbocycles. The van der Waals surface area contributed by atoms with E-state index >= 15 is 0 Å². The molecule has 0 spiro atoms. The Morgan fingerprint density at radius 2 is 1.93 bits per heavy atom. The Morgan fingerprint density at radius 1 is 1.21 bits per heavy atom.